The minimum absolute atomic E-state index is 0.00261. The van der Waals surface area contributed by atoms with Crippen molar-refractivity contribution < 1.29 is 19.3 Å². The number of carbonyl (C=O) groups excluding carboxylic acids is 1. The van der Waals surface area contributed by atoms with Gasteiger partial charge in [-0.15, -0.1) is 0 Å². The molecule has 0 aromatic heterocycles. The average Bonchev–Trinajstić information content (AvgIpc) is 3.01. The van der Waals surface area contributed by atoms with Gasteiger partial charge in [0.1, 0.15) is 0 Å². The Morgan fingerprint density at radius 2 is 2.00 bits per heavy atom. The van der Waals surface area contributed by atoms with Crippen LogP contribution in [0.15, 0.2) is 54.6 Å². The molecule has 25 heavy (non-hydrogen) atoms. The van der Waals surface area contributed by atoms with Gasteiger partial charge in [-0.25, -0.2) is 9.86 Å². The molecular weight excluding hydrogens is 324 g/mol. The molecule has 0 spiro atoms. The van der Waals surface area contributed by atoms with Crippen LogP contribution < -0.4 is 5.06 Å². The lowest BCUT2D eigenvalue weighted by Crippen LogP contribution is -2.37. The summed E-state index contributed by atoms with van der Waals surface area (Å²) in [6.45, 7) is 1.66. The number of non-ortho nitro benzene ring substituents is 1. The van der Waals surface area contributed by atoms with E-state index in [1.165, 1.54) is 19.2 Å². The zero-order chi connectivity index (χ0) is 18.0. The predicted octanol–water partition coefficient (Wildman–Crippen LogP) is 3.41. The van der Waals surface area contributed by atoms with Crippen molar-refractivity contribution in [3.63, 3.8) is 0 Å². The monoisotopic (exact) mass is 342 g/mol. The molecule has 0 aliphatic carbocycles. The van der Waals surface area contributed by atoms with Crippen LogP contribution in [-0.4, -0.2) is 23.6 Å². The van der Waals surface area contributed by atoms with Gasteiger partial charge in [0.2, 0.25) is 0 Å². The van der Waals surface area contributed by atoms with Gasteiger partial charge in [0.25, 0.3) is 5.69 Å². The number of para-hydroxylation sites is 1. The van der Waals surface area contributed by atoms with E-state index in [4.69, 9.17) is 9.57 Å². The summed E-state index contributed by atoms with van der Waals surface area (Å²) in [5.41, 5.74) is 0.286. The van der Waals surface area contributed by atoms with Crippen molar-refractivity contribution in [2.45, 2.75) is 25.0 Å². The lowest BCUT2D eigenvalue weighted by Gasteiger charge is -2.26. The number of hydrogen-bond donors (Lipinski definition) is 0. The molecule has 2 aromatic rings. The Hall–Kier alpha value is -2.93. The van der Waals surface area contributed by atoms with Crippen molar-refractivity contribution in [3.8, 4) is 0 Å². The molecule has 1 fully saturated rings. The Bertz CT molecular complexity index is 795. The van der Waals surface area contributed by atoms with Crippen LogP contribution >= 0.6 is 0 Å². The van der Waals surface area contributed by atoms with Gasteiger partial charge in [-0.05, 0) is 24.6 Å². The highest BCUT2D eigenvalue weighted by Crippen LogP contribution is 2.44. The normalized spacial score (nSPS) is 22.6. The number of hydrogen-bond acceptors (Lipinski definition) is 6. The predicted molar refractivity (Wildman–Crippen MR) is 90.9 cm³/mol. The fourth-order valence-electron chi connectivity index (χ4n) is 3.01. The summed E-state index contributed by atoms with van der Waals surface area (Å²) >= 11 is 0. The Kier molecular flexibility index (Phi) is 4.41. The Morgan fingerprint density at radius 1 is 1.28 bits per heavy atom. The Morgan fingerprint density at radius 3 is 2.64 bits per heavy atom. The summed E-state index contributed by atoms with van der Waals surface area (Å²) in [7, 11) is 1.31. The Labute approximate surface area is 144 Å². The van der Waals surface area contributed by atoms with Gasteiger partial charge >= 0.3 is 5.97 Å². The van der Waals surface area contributed by atoms with Crippen LogP contribution in [0.5, 0.6) is 0 Å². The summed E-state index contributed by atoms with van der Waals surface area (Å²) < 4.78 is 4.87. The molecule has 1 saturated heterocycles. The number of hydroxylamine groups is 1. The highest BCUT2D eigenvalue weighted by molar-refractivity contribution is 5.80. The van der Waals surface area contributed by atoms with Crippen LogP contribution in [0.3, 0.4) is 0 Å². The fraction of sp³-hybridized carbons (Fsp3) is 0.278. The summed E-state index contributed by atoms with van der Waals surface area (Å²) in [6.07, 6.45) is 0.315. The van der Waals surface area contributed by atoms with Gasteiger partial charge in [-0.3, -0.25) is 15.0 Å². The van der Waals surface area contributed by atoms with Gasteiger partial charge in [-0.1, -0.05) is 30.3 Å². The maximum Gasteiger partial charge on any atom is 0.340 e. The third-order valence-electron chi connectivity index (χ3n) is 4.26. The van der Waals surface area contributed by atoms with E-state index in [1.807, 2.05) is 30.3 Å². The number of ether oxygens (including phenoxy) is 1. The number of nitro groups is 1. The smallest absolute Gasteiger partial charge is 0.340 e. The van der Waals surface area contributed by atoms with Gasteiger partial charge in [0, 0.05) is 18.6 Å². The van der Waals surface area contributed by atoms with Crippen molar-refractivity contribution in [3.05, 3.63) is 70.3 Å². The second-order valence-electron chi connectivity index (χ2n) is 6.05. The second-order valence-corrected chi connectivity index (χ2v) is 6.05. The van der Waals surface area contributed by atoms with Crippen LogP contribution in [-0.2, 0) is 14.4 Å². The molecule has 0 saturated carbocycles. The topological polar surface area (TPSA) is 81.9 Å². The fourth-order valence-corrected chi connectivity index (χ4v) is 3.01. The zero-order valence-electron chi connectivity index (χ0n) is 13.9. The van der Waals surface area contributed by atoms with Crippen LogP contribution in [0, 0.1) is 10.1 Å². The molecular formula is C18H18N2O5. The number of nitro benzene ring substituents is 1. The molecule has 1 aliphatic heterocycles. The van der Waals surface area contributed by atoms with Crippen LogP contribution in [0.4, 0.5) is 11.4 Å². The second kappa shape index (κ2) is 6.52. The van der Waals surface area contributed by atoms with Gasteiger partial charge in [0.15, 0.2) is 5.60 Å². The van der Waals surface area contributed by atoms with E-state index in [0.29, 0.717) is 12.0 Å². The lowest BCUT2D eigenvalue weighted by atomic mass is 9.93. The maximum absolute atomic E-state index is 12.2. The molecule has 130 valence electrons. The molecule has 0 N–H and O–H groups in total. The zero-order valence-corrected chi connectivity index (χ0v) is 13.9. The van der Waals surface area contributed by atoms with E-state index in [-0.39, 0.29) is 11.7 Å². The molecule has 7 heteroatoms. The highest BCUT2D eigenvalue weighted by atomic mass is 16.7. The van der Waals surface area contributed by atoms with E-state index < -0.39 is 16.5 Å². The third kappa shape index (κ3) is 3.18. The number of methoxy groups -OCH3 is 1. The number of carbonyl (C=O) groups is 1. The number of esters is 1. The molecule has 2 aromatic carbocycles. The summed E-state index contributed by atoms with van der Waals surface area (Å²) in [6, 6.07) is 15.3. The molecule has 3 rings (SSSR count). The first-order valence-electron chi connectivity index (χ1n) is 7.81. The largest absolute Gasteiger partial charge is 0.467 e. The molecule has 0 amide bonds. The average molecular weight is 342 g/mol. The van der Waals surface area contributed by atoms with Gasteiger partial charge < -0.3 is 4.74 Å². The van der Waals surface area contributed by atoms with Crippen molar-refractivity contribution in [1.82, 2.24) is 0 Å². The summed E-state index contributed by atoms with van der Waals surface area (Å²) in [5.74, 6) is -0.485. The molecule has 0 radical (unpaired) electrons. The maximum atomic E-state index is 12.2. The number of rotatable bonds is 4. The van der Waals surface area contributed by atoms with Gasteiger partial charge in [0.05, 0.1) is 23.8 Å². The van der Waals surface area contributed by atoms with E-state index in [9.17, 15) is 14.9 Å². The quantitative estimate of drug-likeness (QED) is 0.481. The molecule has 0 bridgehead atoms. The van der Waals surface area contributed by atoms with E-state index in [1.54, 1.807) is 24.1 Å². The van der Waals surface area contributed by atoms with Crippen LogP contribution in [0.1, 0.15) is 24.9 Å². The van der Waals surface area contributed by atoms with Crippen molar-refractivity contribution in [2.75, 3.05) is 12.2 Å². The first-order chi connectivity index (χ1) is 11.9. The van der Waals surface area contributed by atoms with E-state index in [0.717, 1.165) is 5.69 Å². The minimum Gasteiger partial charge on any atom is -0.467 e. The lowest BCUT2D eigenvalue weighted by molar-refractivity contribution is -0.384. The highest BCUT2D eigenvalue weighted by Gasteiger charge is 2.49. The molecule has 2 atom stereocenters. The van der Waals surface area contributed by atoms with E-state index >= 15 is 0 Å². The van der Waals surface area contributed by atoms with Crippen molar-refractivity contribution >= 4 is 17.3 Å². The first-order valence-corrected chi connectivity index (χ1v) is 7.81. The summed E-state index contributed by atoms with van der Waals surface area (Å²) in [4.78, 5) is 28.8. The molecule has 7 nitrogen and oxygen atoms in total. The number of benzene rings is 2. The van der Waals surface area contributed by atoms with E-state index in [2.05, 4.69) is 0 Å². The number of nitrogens with zero attached hydrogens (tertiary/aromatic N) is 2. The third-order valence-corrected chi connectivity index (χ3v) is 4.26. The van der Waals surface area contributed by atoms with Crippen molar-refractivity contribution in [1.29, 1.82) is 0 Å². The molecule has 1 heterocycles. The standard InChI is InChI=1S/C18H18N2O5/c1-18(17(21)24-2)12-16(13-7-6-10-15(11-13)20(22)23)19(25-18)14-8-4-3-5-9-14/h3-11,16H,12H2,1-2H3/t16-,18+/m0/s1. The summed E-state index contributed by atoms with van der Waals surface area (Å²) in [5, 5.41) is 12.7. The molecule has 0 unspecified atom stereocenters. The number of anilines is 1. The molecule has 1 aliphatic rings. The first kappa shape index (κ1) is 16.9. The van der Waals surface area contributed by atoms with Crippen LogP contribution in [0.2, 0.25) is 0 Å². The van der Waals surface area contributed by atoms with Crippen molar-refractivity contribution in [2.24, 2.45) is 0 Å². The van der Waals surface area contributed by atoms with Crippen LogP contribution in [0.25, 0.3) is 0 Å². The SMILES string of the molecule is COC(=O)[C@@]1(C)C[C@@H](c2cccc([N+](=O)[O-])c2)N(c2ccccc2)O1. The Balaban J connectivity index is 2.03. The minimum atomic E-state index is -1.17. The van der Waals surface area contributed by atoms with Gasteiger partial charge in [-0.2, -0.15) is 0 Å².